The number of fused-ring (bicyclic) bond motifs is 1. The molecule has 2 heterocycles. The molecule has 1 fully saturated rings. The Kier molecular flexibility index (Phi) is 5.25. The first-order chi connectivity index (χ1) is 13.6. The Balaban J connectivity index is 1.34. The van der Waals surface area contributed by atoms with Gasteiger partial charge in [0.1, 0.15) is 0 Å². The van der Waals surface area contributed by atoms with Gasteiger partial charge >= 0.3 is 5.97 Å². The highest BCUT2D eigenvalue weighted by Gasteiger charge is 2.26. The fourth-order valence-electron chi connectivity index (χ4n) is 3.38. The van der Waals surface area contributed by atoms with Crippen molar-refractivity contribution < 1.29 is 14.3 Å². The van der Waals surface area contributed by atoms with E-state index in [2.05, 4.69) is 21.0 Å². The van der Waals surface area contributed by atoms with Gasteiger partial charge in [-0.25, -0.2) is 9.78 Å². The van der Waals surface area contributed by atoms with Crippen molar-refractivity contribution in [3.8, 4) is 0 Å². The average Bonchev–Trinajstić information content (AvgIpc) is 3.18. The van der Waals surface area contributed by atoms with E-state index < -0.39 is 0 Å². The van der Waals surface area contributed by atoms with E-state index in [1.54, 1.807) is 35.6 Å². The number of para-hydroxylation sites is 1. The van der Waals surface area contributed by atoms with Gasteiger partial charge in [-0.1, -0.05) is 23.5 Å². The number of ether oxygens (including phenoxy) is 1. The summed E-state index contributed by atoms with van der Waals surface area (Å²) in [6.45, 7) is 1.64. The van der Waals surface area contributed by atoms with Crippen molar-refractivity contribution >= 4 is 44.2 Å². The van der Waals surface area contributed by atoms with Crippen molar-refractivity contribution in [2.24, 2.45) is 5.92 Å². The standard InChI is InChI=1S/C21H21N3O3S/c1-27-20(26)15-6-8-16(9-7-15)22-19(25)14-10-12-24(13-11-14)21-23-17-4-2-3-5-18(17)28-21/h2-9,14H,10-13H2,1H3,(H,22,25). The molecule has 144 valence electrons. The second-order valence-electron chi connectivity index (χ2n) is 6.78. The van der Waals surface area contributed by atoms with E-state index in [0.29, 0.717) is 11.3 Å². The van der Waals surface area contributed by atoms with E-state index >= 15 is 0 Å². The molecule has 0 spiro atoms. The van der Waals surface area contributed by atoms with E-state index in [1.807, 2.05) is 18.2 Å². The zero-order valence-electron chi connectivity index (χ0n) is 15.6. The summed E-state index contributed by atoms with van der Waals surface area (Å²) in [4.78, 5) is 31.0. The van der Waals surface area contributed by atoms with Crippen molar-refractivity contribution in [1.82, 2.24) is 4.98 Å². The highest BCUT2D eigenvalue weighted by Crippen LogP contribution is 2.31. The van der Waals surface area contributed by atoms with Crippen molar-refractivity contribution in [2.45, 2.75) is 12.8 Å². The third kappa shape index (κ3) is 3.84. The number of amides is 1. The van der Waals surface area contributed by atoms with Crippen LogP contribution in [0, 0.1) is 5.92 Å². The predicted molar refractivity (Wildman–Crippen MR) is 111 cm³/mol. The smallest absolute Gasteiger partial charge is 0.337 e. The van der Waals surface area contributed by atoms with Crippen LogP contribution in [0.4, 0.5) is 10.8 Å². The molecule has 1 aliphatic heterocycles. The average molecular weight is 395 g/mol. The molecule has 0 saturated carbocycles. The molecule has 3 aromatic rings. The van der Waals surface area contributed by atoms with Crippen LogP contribution in [-0.2, 0) is 9.53 Å². The molecule has 1 aliphatic rings. The number of benzene rings is 2. The van der Waals surface area contributed by atoms with Crippen LogP contribution in [0.25, 0.3) is 10.2 Å². The first kappa shape index (κ1) is 18.4. The summed E-state index contributed by atoms with van der Waals surface area (Å²) >= 11 is 1.70. The lowest BCUT2D eigenvalue weighted by Crippen LogP contribution is -2.38. The second kappa shape index (κ2) is 7.98. The molecule has 1 saturated heterocycles. The summed E-state index contributed by atoms with van der Waals surface area (Å²) in [7, 11) is 1.35. The minimum Gasteiger partial charge on any atom is -0.465 e. The molecule has 0 atom stereocenters. The molecule has 0 bridgehead atoms. The van der Waals surface area contributed by atoms with Crippen LogP contribution in [0.2, 0.25) is 0 Å². The topological polar surface area (TPSA) is 71.5 Å². The lowest BCUT2D eigenvalue weighted by atomic mass is 9.96. The number of aromatic nitrogens is 1. The van der Waals surface area contributed by atoms with Crippen LogP contribution in [0.3, 0.4) is 0 Å². The van der Waals surface area contributed by atoms with Crippen LogP contribution < -0.4 is 10.2 Å². The lowest BCUT2D eigenvalue weighted by molar-refractivity contribution is -0.120. The highest BCUT2D eigenvalue weighted by molar-refractivity contribution is 7.22. The van der Waals surface area contributed by atoms with Gasteiger partial charge in [-0.2, -0.15) is 0 Å². The number of piperidine rings is 1. The number of hydrogen-bond donors (Lipinski definition) is 1. The van der Waals surface area contributed by atoms with Gasteiger partial charge in [-0.05, 0) is 49.2 Å². The van der Waals surface area contributed by atoms with Crippen LogP contribution in [-0.4, -0.2) is 37.1 Å². The number of nitrogens with one attached hydrogen (secondary N) is 1. The van der Waals surface area contributed by atoms with Gasteiger partial charge in [0.25, 0.3) is 0 Å². The number of carbonyl (C=O) groups excluding carboxylic acids is 2. The molecular weight excluding hydrogens is 374 g/mol. The van der Waals surface area contributed by atoms with E-state index in [0.717, 1.165) is 36.6 Å². The maximum atomic E-state index is 12.6. The Labute approximate surface area is 167 Å². The van der Waals surface area contributed by atoms with Gasteiger partial charge in [0, 0.05) is 24.7 Å². The Morgan fingerprint density at radius 3 is 2.50 bits per heavy atom. The third-order valence-corrected chi connectivity index (χ3v) is 6.09. The number of carbonyl (C=O) groups is 2. The summed E-state index contributed by atoms with van der Waals surface area (Å²) < 4.78 is 5.87. The molecule has 7 heteroatoms. The normalized spacial score (nSPS) is 14.8. The molecule has 0 radical (unpaired) electrons. The quantitative estimate of drug-likeness (QED) is 0.678. The van der Waals surface area contributed by atoms with Crippen molar-refractivity contribution in [1.29, 1.82) is 0 Å². The van der Waals surface area contributed by atoms with Crippen LogP contribution in [0.1, 0.15) is 23.2 Å². The number of anilines is 2. The molecule has 0 aliphatic carbocycles. The molecule has 1 aromatic heterocycles. The van der Waals surface area contributed by atoms with Crippen LogP contribution in [0.15, 0.2) is 48.5 Å². The molecule has 1 N–H and O–H groups in total. The zero-order chi connectivity index (χ0) is 19.5. The van der Waals surface area contributed by atoms with Gasteiger partial charge in [0.15, 0.2) is 5.13 Å². The zero-order valence-corrected chi connectivity index (χ0v) is 16.4. The van der Waals surface area contributed by atoms with Crippen molar-refractivity contribution in [3.05, 3.63) is 54.1 Å². The summed E-state index contributed by atoms with van der Waals surface area (Å²) in [5.74, 6) is -0.388. The number of thiazole rings is 1. The number of methoxy groups -OCH3 is 1. The van der Waals surface area contributed by atoms with Gasteiger partial charge in [-0.15, -0.1) is 0 Å². The van der Waals surface area contributed by atoms with Crippen LogP contribution >= 0.6 is 11.3 Å². The van der Waals surface area contributed by atoms with E-state index in [4.69, 9.17) is 4.98 Å². The SMILES string of the molecule is COC(=O)c1ccc(NC(=O)C2CCN(c3nc4ccccc4s3)CC2)cc1. The number of esters is 1. The maximum Gasteiger partial charge on any atom is 0.337 e. The van der Waals surface area contributed by atoms with E-state index in [9.17, 15) is 9.59 Å². The monoisotopic (exact) mass is 395 g/mol. The molecule has 1 amide bonds. The second-order valence-corrected chi connectivity index (χ2v) is 7.79. The Morgan fingerprint density at radius 2 is 1.82 bits per heavy atom. The molecule has 4 rings (SSSR count). The van der Waals surface area contributed by atoms with Gasteiger partial charge < -0.3 is 15.0 Å². The summed E-state index contributed by atoms with van der Waals surface area (Å²) in [6, 6.07) is 14.9. The third-order valence-electron chi connectivity index (χ3n) is 4.99. The first-order valence-electron chi connectivity index (χ1n) is 9.24. The molecule has 2 aromatic carbocycles. The van der Waals surface area contributed by atoms with E-state index in [1.165, 1.54) is 11.8 Å². The lowest BCUT2D eigenvalue weighted by Gasteiger charge is -2.31. The Bertz CT molecular complexity index is 959. The van der Waals surface area contributed by atoms with Gasteiger partial charge in [-0.3, -0.25) is 4.79 Å². The molecule has 6 nitrogen and oxygen atoms in total. The maximum absolute atomic E-state index is 12.6. The van der Waals surface area contributed by atoms with Gasteiger partial charge in [0.05, 0.1) is 22.9 Å². The van der Waals surface area contributed by atoms with Crippen LogP contribution in [0.5, 0.6) is 0 Å². The molecule has 28 heavy (non-hydrogen) atoms. The van der Waals surface area contributed by atoms with Crippen molar-refractivity contribution in [2.75, 3.05) is 30.4 Å². The van der Waals surface area contributed by atoms with Gasteiger partial charge in [0.2, 0.25) is 5.91 Å². The van der Waals surface area contributed by atoms with E-state index in [-0.39, 0.29) is 17.8 Å². The fourth-order valence-corrected chi connectivity index (χ4v) is 4.40. The number of rotatable bonds is 4. The minimum absolute atomic E-state index is 0.0223. The predicted octanol–water partition coefficient (Wildman–Crippen LogP) is 3.94. The number of nitrogens with zero attached hydrogens (tertiary/aromatic N) is 2. The minimum atomic E-state index is -0.389. The molecule has 0 unspecified atom stereocenters. The molecular formula is C21H21N3O3S. The highest BCUT2D eigenvalue weighted by atomic mass is 32.1. The Hall–Kier alpha value is -2.93. The summed E-state index contributed by atoms with van der Waals surface area (Å²) in [6.07, 6.45) is 1.59. The number of hydrogen-bond acceptors (Lipinski definition) is 6. The fraction of sp³-hybridized carbons (Fsp3) is 0.286. The van der Waals surface area contributed by atoms with Crippen molar-refractivity contribution in [3.63, 3.8) is 0 Å². The Morgan fingerprint density at radius 1 is 1.11 bits per heavy atom. The summed E-state index contributed by atoms with van der Waals surface area (Å²) in [5.41, 5.74) is 2.17. The largest absolute Gasteiger partial charge is 0.465 e. The first-order valence-corrected chi connectivity index (χ1v) is 10.1. The summed E-state index contributed by atoms with van der Waals surface area (Å²) in [5, 5.41) is 3.98.